The lowest BCUT2D eigenvalue weighted by molar-refractivity contribution is -0.128. The predicted octanol–water partition coefficient (Wildman–Crippen LogP) is 2.49. The maximum atomic E-state index is 12.7. The smallest absolute Gasteiger partial charge is 0.287 e. The molecule has 28 heavy (non-hydrogen) atoms. The number of hydrogen-bond donors (Lipinski definition) is 2. The molecule has 2 aromatic rings. The highest BCUT2D eigenvalue weighted by Gasteiger charge is 2.41. The van der Waals surface area contributed by atoms with E-state index in [0.717, 1.165) is 24.6 Å². The van der Waals surface area contributed by atoms with Crippen LogP contribution >= 0.6 is 0 Å². The Bertz CT molecular complexity index is 877. The molecule has 7 heteroatoms. The van der Waals surface area contributed by atoms with Gasteiger partial charge < -0.3 is 24.5 Å². The molecule has 1 aromatic carbocycles. The van der Waals surface area contributed by atoms with E-state index in [-0.39, 0.29) is 35.6 Å². The lowest BCUT2D eigenvalue weighted by atomic mass is 9.71. The second-order valence-electron chi connectivity index (χ2n) is 7.73. The Morgan fingerprint density at radius 3 is 2.96 bits per heavy atom. The third kappa shape index (κ3) is 3.58. The van der Waals surface area contributed by atoms with Crippen molar-refractivity contribution in [1.82, 2.24) is 10.6 Å². The quantitative estimate of drug-likeness (QED) is 0.824. The summed E-state index contributed by atoms with van der Waals surface area (Å²) < 4.78 is 16.3. The van der Waals surface area contributed by atoms with E-state index in [2.05, 4.69) is 10.6 Å². The van der Waals surface area contributed by atoms with Crippen LogP contribution in [-0.4, -0.2) is 44.7 Å². The molecule has 150 valence electrons. The minimum Gasteiger partial charge on any atom is -0.493 e. The van der Waals surface area contributed by atoms with Gasteiger partial charge in [0.25, 0.3) is 5.91 Å². The van der Waals surface area contributed by atoms with Crippen LogP contribution in [0.2, 0.25) is 0 Å². The molecule has 0 spiro atoms. The van der Waals surface area contributed by atoms with Gasteiger partial charge in [0.15, 0.2) is 17.1 Å². The third-order valence-electron chi connectivity index (χ3n) is 5.97. The van der Waals surface area contributed by atoms with Crippen LogP contribution in [0.4, 0.5) is 0 Å². The molecule has 1 saturated heterocycles. The van der Waals surface area contributed by atoms with Gasteiger partial charge in [-0.2, -0.15) is 0 Å². The third-order valence-corrected chi connectivity index (χ3v) is 5.97. The molecule has 2 amide bonds. The van der Waals surface area contributed by atoms with Crippen molar-refractivity contribution in [3.63, 3.8) is 0 Å². The van der Waals surface area contributed by atoms with Gasteiger partial charge in [0.05, 0.1) is 7.11 Å². The predicted molar refractivity (Wildman–Crippen MR) is 103 cm³/mol. The Balaban J connectivity index is 1.44. The van der Waals surface area contributed by atoms with Crippen molar-refractivity contribution in [1.29, 1.82) is 0 Å². The number of hydrogen-bond acceptors (Lipinski definition) is 5. The molecule has 2 N–H and O–H groups in total. The molecule has 0 bridgehead atoms. The summed E-state index contributed by atoms with van der Waals surface area (Å²) in [7, 11) is 3.25. The van der Waals surface area contributed by atoms with Crippen molar-refractivity contribution >= 4 is 22.8 Å². The van der Waals surface area contributed by atoms with Gasteiger partial charge in [-0.3, -0.25) is 9.59 Å². The Hall–Kier alpha value is -2.54. The van der Waals surface area contributed by atoms with Crippen LogP contribution < -0.4 is 15.4 Å². The minimum atomic E-state index is -0.239. The SMILES string of the molecule is COCC1CC(=O)NC2CC(NC(=O)c3cc4cccc(OC)c4o3)CCC12. The summed E-state index contributed by atoms with van der Waals surface area (Å²) >= 11 is 0. The van der Waals surface area contributed by atoms with E-state index in [1.54, 1.807) is 26.4 Å². The summed E-state index contributed by atoms with van der Waals surface area (Å²) in [5, 5.41) is 7.00. The summed E-state index contributed by atoms with van der Waals surface area (Å²) in [6.45, 7) is 0.604. The molecule has 1 aromatic heterocycles. The Labute approximate surface area is 163 Å². The second kappa shape index (κ2) is 7.83. The van der Waals surface area contributed by atoms with Crippen LogP contribution in [0.5, 0.6) is 5.75 Å². The second-order valence-corrected chi connectivity index (χ2v) is 7.73. The number of furan rings is 1. The number of fused-ring (bicyclic) bond motifs is 2. The number of para-hydroxylation sites is 1. The first-order valence-electron chi connectivity index (χ1n) is 9.74. The highest BCUT2D eigenvalue weighted by Crippen LogP contribution is 2.36. The van der Waals surface area contributed by atoms with Gasteiger partial charge in [0, 0.05) is 37.6 Å². The first-order valence-corrected chi connectivity index (χ1v) is 9.74. The number of benzene rings is 1. The summed E-state index contributed by atoms with van der Waals surface area (Å²) in [6, 6.07) is 7.37. The van der Waals surface area contributed by atoms with E-state index in [4.69, 9.17) is 13.9 Å². The number of amides is 2. The first-order chi connectivity index (χ1) is 13.6. The van der Waals surface area contributed by atoms with Crippen LogP contribution in [0.3, 0.4) is 0 Å². The minimum absolute atomic E-state index is 0.00505. The zero-order valence-corrected chi connectivity index (χ0v) is 16.2. The van der Waals surface area contributed by atoms with Gasteiger partial charge in [-0.1, -0.05) is 12.1 Å². The van der Waals surface area contributed by atoms with E-state index in [0.29, 0.717) is 30.3 Å². The highest BCUT2D eigenvalue weighted by molar-refractivity contribution is 5.97. The average Bonchev–Trinajstić information content (AvgIpc) is 3.12. The summed E-state index contributed by atoms with van der Waals surface area (Å²) in [4.78, 5) is 24.8. The van der Waals surface area contributed by atoms with Gasteiger partial charge in [-0.15, -0.1) is 0 Å². The molecule has 1 aliphatic carbocycles. The molecular formula is C21H26N2O5. The van der Waals surface area contributed by atoms with E-state index in [1.165, 1.54) is 0 Å². The topological polar surface area (TPSA) is 89.8 Å². The fourth-order valence-electron chi connectivity index (χ4n) is 4.67. The molecule has 2 aliphatic rings. The number of carbonyl (C=O) groups excluding carboxylic acids is 2. The molecule has 4 atom stereocenters. The Kier molecular flexibility index (Phi) is 5.26. The number of carbonyl (C=O) groups is 2. The van der Waals surface area contributed by atoms with Gasteiger partial charge >= 0.3 is 0 Å². The number of methoxy groups -OCH3 is 2. The van der Waals surface area contributed by atoms with Crippen molar-refractivity contribution in [2.45, 2.75) is 37.8 Å². The molecule has 7 nitrogen and oxygen atoms in total. The van der Waals surface area contributed by atoms with E-state index < -0.39 is 0 Å². The van der Waals surface area contributed by atoms with Crippen LogP contribution in [0.25, 0.3) is 11.0 Å². The first kappa shape index (κ1) is 18.8. The van der Waals surface area contributed by atoms with Crippen LogP contribution in [0.1, 0.15) is 36.2 Å². The Morgan fingerprint density at radius 2 is 2.18 bits per heavy atom. The van der Waals surface area contributed by atoms with Crippen molar-refractivity contribution in [2.75, 3.05) is 20.8 Å². The summed E-state index contributed by atoms with van der Waals surface area (Å²) in [5.74, 6) is 1.36. The van der Waals surface area contributed by atoms with E-state index >= 15 is 0 Å². The van der Waals surface area contributed by atoms with Crippen molar-refractivity contribution in [3.05, 3.63) is 30.0 Å². The maximum absolute atomic E-state index is 12.7. The van der Waals surface area contributed by atoms with Crippen LogP contribution in [-0.2, 0) is 9.53 Å². The monoisotopic (exact) mass is 386 g/mol. The zero-order chi connectivity index (χ0) is 19.7. The number of rotatable bonds is 5. The molecule has 2 heterocycles. The normalized spacial score (nSPS) is 27.1. The molecule has 4 rings (SSSR count). The summed E-state index contributed by atoms with van der Waals surface area (Å²) in [6.07, 6.45) is 3.09. The van der Waals surface area contributed by atoms with Crippen molar-refractivity contribution in [2.24, 2.45) is 11.8 Å². The average molecular weight is 386 g/mol. The number of piperidine rings is 1. The van der Waals surface area contributed by atoms with Crippen LogP contribution in [0, 0.1) is 11.8 Å². The number of ether oxygens (including phenoxy) is 2. The van der Waals surface area contributed by atoms with Crippen molar-refractivity contribution in [3.8, 4) is 5.75 Å². The molecule has 0 radical (unpaired) electrons. The molecule has 2 fully saturated rings. The fourth-order valence-corrected chi connectivity index (χ4v) is 4.67. The summed E-state index contributed by atoms with van der Waals surface area (Å²) in [5.41, 5.74) is 0.570. The highest BCUT2D eigenvalue weighted by atomic mass is 16.5. The van der Waals surface area contributed by atoms with E-state index in [1.807, 2.05) is 12.1 Å². The molecule has 4 unspecified atom stereocenters. The van der Waals surface area contributed by atoms with Gasteiger partial charge in [-0.05, 0) is 43.2 Å². The maximum Gasteiger partial charge on any atom is 0.287 e. The zero-order valence-electron chi connectivity index (χ0n) is 16.2. The molecule has 1 aliphatic heterocycles. The largest absolute Gasteiger partial charge is 0.493 e. The van der Waals surface area contributed by atoms with Crippen molar-refractivity contribution < 1.29 is 23.5 Å². The Morgan fingerprint density at radius 1 is 1.32 bits per heavy atom. The molecule has 1 saturated carbocycles. The van der Waals surface area contributed by atoms with Gasteiger partial charge in [-0.25, -0.2) is 0 Å². The fraction of sp³-hybridized carbons (Fsp3) is 0.524. The van der Waals surface area contributed by atoms with Gasteiger partial charge in [0.2, 0.25) is 5.91 Å². The lowest BCUT2D eigenvalue weighted by Gasteiger charge is -2.43. The lowest BCUT2D eigenvalue weighted by Crippen LogP contribution is -2.56. The van der Waals surface area contributed by atoms with Crippen LogP contribution in [0.15, 0.2) is 28.7 Å². The van der Waals surface area contributed by atoms with Gasteiger partial charge in [0.1, 0.15) is 0 Å². The number of nitrogens with one attached hydrogen (secondary N) is 2. The standard InChI is InChI=1S/C21H26N2O5/c1-26-11-13-9-19(24)23-16-10-14(6-7-15(13)16)22-21(25)18-8-12-4-3-5-17(27-2)20(12)28-18/h3-5,8,13-16H,6-7,9-11H2,1-2H3,(H,22,25)(H,23,24). The molecular weight excluding hydrogens is 360 g/mol. The van der Waals surface area contributed by atoms with E-state index in [9.17, 15) is 9.59 Å².